The first kappa shape index (κ1) is 25.5. The number of benzene rings is 2. The number of nitro benzene ring substituents is 1. The smallest absolute Gasteiger partial charge is 0.271 e. The molecule has 6 rings (SSSR count). The third-order valence-corrected chi connectivity index (χ3v) is 9.95. The van der Waals surface area contributed by atoms with Gasteiger partial charge in [-0.25, -0.2) is 4.90 Å². The first-order valence-corrected chi connectivity index (χ1v) is 13.0. The van der Waals surface area contributed by atoms with Crippen molar-refractivity contribution in [1.82, 2.24) is 4.90 Å². The topological polar surface area (TPSA) is 138 Å². The van der Waals surface area contributed by atoms with Gasteiger partial charge in [0.1, 0.15) is 5.75 Å². The molecule has 0 bridgehead atoms. The Bertz CT molecular complexity index is 1530. The Labute approximate surface area is 231 Å². The molecule has 3 fully saturated rings. The summed E-state index contributed by atoms with van der Waals surface area (Å²) in [6.45, 7) is 0. The number of phenolic OH excluding ortho intramolecular Hbond substituents is 1. The number of fused-ring (bicyclic) bond motifs is 4. The molecule has 2 aromatic rings. The molecular weight excluding hydrogens is 549 g/mol. The Morgan fingerprint density at radius 2 is 1.69 bits per heavy atom. The summed E-state index contributed by atoms with van der Waals surface area (Å²) in [4.78, 5) is 63.1. The Balaban J connectivity index is 1.49. The van der Waals surface area contributed by atoms with Gasteiger partial charge in [-0.3, -0.25) is 34.2 Å². The van der Waals surface area contributed by atoms with Crippen LogP contribution in [0.1, 0.15) is 24.3 Å². The molecule has 0 spiro atoms. The number of non-ortho nitro benzene ring substituents is 1. The quantitative estimate of drug-likeness (QED) is 0.196. The summed E-state index contributed by atoms with van der Waals surface area (Å²) < 4.78 is 0. The van der Waals surface area contributed by atoms with Gasteiger partial charge in [-0.1, -0.05) is 29.8 Å². The summed E-state index contributed by atoms with van der Waals surface area (Å²) in [6.07, 6.45) is 1.81. The van der Waals surface area contributed by atoms with E-state index in [1.165, 1.54) is 43.4 Å². The highest BCUT2D eigenvalue weighted by atomic mass is 35.5. The van der Waals surface area contributed by atoms with Crippen molar-refractivity contribution >= 4 is 58.2 Å². The van der Waals surface area contributed by atoms with Crippen molar-refractivity contribution < 1.29 is 29.2 Å². The second kappa shape index (κ2) is 8.37. The van der Waals surface area contributed by atoms with E-state index in [1.54, 1.807) is 18.2 Å². The van der Waals surface area contributed by atoms with Crippen LogP contribution >= 0.6 is 23.2 Å². The molecule has 1 saturated carbocycles. The number of alkyl halides is 2. The van der Waals surface area contributed by atoms with E-state index >= 15 is 0 Å². The van der Waals surface area contributed by atoms with Gasteiger partial charge in [-0.15, -0.1) is 23.2 Å². The van der Waals surface area contributed by atoms with E-state index in [0.717, 1.165) is 9.80 Å². The molecule has 12 heteroatoms. The zero-order valence-electron chi connectivity index (χ0n) is 20.4. The Morgan fingerprint density at radius 3 is 2.36 bits per heavy atom. The van der Waals surface area contributed by atoms with E-state index in [2.05, 4.69) is 0 Å². The van der Waals surface area contributed by atoms with Crippen LogP contribution in [0, 0.1) is 27.9 Å². The minimum Gasteiger partial charge on any atom is -0.508 e. The maximum atomic E-state index is 13.9. The molecule has 4 amide bonds. The van der Waals surface area contributed by atoms with E-state index in [-0.39, 0.29) is 30.0 Å². The number of nitro groups is 1. The Hall–Kier alpha value is -3.76. The molecule has 1 N–H and O–H groups in total. The van der Waals surface area contributed by atoms with Gasteiger partial charge in [0.05, 0.1) is 22.4 Å². The van der Waals surface area contributed by atoms with Crippen molar-refractivity contribution in [3.63, 3.8) is 0 Å². The number of carbonyl (C=O) groups excluding carboxylic acids is 4. The lowest BCUT2D eigenvalue weighted by molar-refractivity contribution is -0.384. The van der Waals surface area contributed by atoms with E-state index in [4.69, 9.17) is 23.2 Å². The molecule has 0 unspecified atom stereocenters. The number of hydrogen-bond acceptors (Lipinski definition) is 7. The molecular formula is C27H21Cl2N3O7. The number of carbonyl (C=O) groups is 4. The molecule has 2 aliphatic heterocycles. The third-order valence-electron chi connectivity index (χ3n) is 8.54. The molecule has 2 aromatic carbocycles. The molecule has 2 heterocycles. The van der Waals surface area contributed by atoms with Gasteiger partial charge in [0.15, 0.2) is 9.75 Å². The van der Waals surface area contributed by atoms with E-state index in [9.17, 15) is 34.4 Å². The SMILES string of the molecule is CN1C(=O)[C@]2(Cl)C[C@@H]3C(=CC[C@@H]4C(=O)N(c5cccc([N+](=O)[O-])c5)C(=O)[C@@H]43)[C@H](c3ccc(O)cc3)[C@]2(Cl)C1=O. The zero-order valence-corrected chi connectivity index (χ0v) is 21.9. The van der Waals surface area contributed by atoms with Crippen molar-refractivity contribution in [3.05, 3.63) is 75.9 Å². The summed E-state index contributed by atoms with van der Waals surface area (Å²) in [6, 6.07) is 11.3. The van der Waals surface area contributed by atoms with Crippen molar-refractivity contribution in [2.45, 2.75) is 28.5 Å². The van der Waals surface area contributed by atoms with Crippen LogP contribution in [0.15, 0.2) is 60.2 Å². The molecule has 6 atom stereocenters. The fraction of sp³-hybridized carbons (Fsp3) is 0.333. The zero-order chi connectivity index (χ0) is 28.0. The van der Waals surface area contributed by atoms with Crippen LogP contribution in [0.3, 0.4) is 0 Å². The number of allylic oxidation sites excluding steroid dienone is 2. The van der Waals surface area contributed by atoms with Crippen molar-refractivity contribution in [1.29, 1.82) is 0 Å². The van der Waals surface area contributed by atoms with Crippen molar-refractivity contribution in [3.8, 4) is 5.75 Å². The van der Waals surface area contributed by atoms with E-state index < -0.39 is 62.0 Å². The van der Waals surface area contributed by atoms with Crippen LogP contribution in [-0.4, -0.2) is 55.4 Å². The molecule has 2 saturated heterocycles. The van der Waals surface area contributed by atoms with Gasteiger partial charge in [0, 0.05) is 25.1 Å². The van der Waals surface area contributed by atoms with E-state index in [0.29, 0.717) is 11.1 Å². The highest BCUT2D eigenvalue weighted by Gasteiger charge is 2.75. The first-order valence-electron chi connectivity index (χ1n) is 12.2. The number of aromatic hydroxyl groups is 1. The maximum absolute atomic E-state index is 13.9. The van der Waals surface area contributed by atoms with Crippen LogP contribution < -0.4 is 4.90 Å². The Kier molecular flexibility index (Phi) is 5.47. The van der Waals surface area contributed by atoms with Gasteiger partial charge in [-0.2, -0.15) is 0 Å². The summed E-state index contributed by atoms with van der Waals surface area (Å²) in [5.41, 5.74) is 0.953. The van der Waals surface area contributed by atoms with Gasteiger partial charge in [-0.05, 0) is 42.5 Å². The van der Waals surface area contributed by atoms with Gasteiger partial charge in [0.25, 0.3) is 17.5 Å². The predicted octanol–water partition coefficient (Wildman–Crippen LogP) is 3.49. The number of hydrogen-bond donors (Lipinski definition) is 1. The molecule has 10 nitrogen and oxygen atoms in total. The van der Waals surface area contributed by atoms with Crippen LogP contribution in [-0.2, 0) is 19.2 Å². The fourth-order valence-corrected chi connectivity index (χ4v) is 7.80. The molecule has 200 valence electrons. The summed E-state index contributed by atoms with van der Waals surface area (Å²) in [5, 5.41) is 21.2. The number of imide groups is 2. The van der Waals surface area contributed by atoms with Gasteiger partial charge < -0.3 is 5.11 Å². The third kappa shape index (κ3) is 3.21. The molecule has 39 heavy (non-hydrogen) atoms. The van der Waals surface area contributed by atoms with Crippen molar-refractivity contribution in [2.75, 3.05) is 11.9 Å². The minimum atomic E-state index is -1.91. The second-order valence-electron chi connectivity index (χ2n) is 10.4. The molecule has 4 aliphatic rings. The summed E-state index contributed by atoms with van der Waals surface area (Å²) in [5.74, 6) is -5.77. The summed E-state index contributed by atoms with van der Waals surface area (Å²) in [7, 11) is 1.31. The van der Waals surface area contributed by atoms with Crippen LogP contribution in [0.2, 0.25) is 0 Å². The standard InChI is InChI=1S/C27H21Cl2N3O7/c1-30-24(36)26(28)12-19-17(21(27(26,29)25(30)37)13-5-7-16(33)8-6-13)9-10-18-20(19)23(35)31(22(18)34)14-3-2-4-15(11-14)32(38)39/h2-9,11,18-21,33H,10,12H2,1H3/t18-,19+,20-,21-,26+,27-/m0/s1. The lowest BCUT2D eigenvalue weighted by atomic mass is 9.56. The van der Waals surface area contributed by atoms with Crippen LogP contribution in [0.25, 0.3) is 0 Å². The second-order valence-corrected chi connectivity index (χ2v) is 11.6. The fourth-order valence-electron chi connectivity index (χ4n) is 6.78. The average Bonchev–Trinajstić information content (AvgIpc) is 3.24. The van der Waals surface area contributed by atoms with E-state index in [1.807, 2.05) is 0 Å². The molecule has 2 aliphatic carbocycles. The molecule has 0 radical (unpaired) electrons. The minimum absolute atomic E-state index is 0.0142. The lowest BCUT2D eigenvalue weighted by Crippen LogP contribution is -2.60. The average molecular weight is 570 g/mol. The van der Waals surface area contributed by atoms with Gasteiger partial charge >= 0.3 is 0 Å². The highest BCUT2D eigenvalue weighted by Crippen LogP contribution is 2.65. The monoisotopic (exact) mass is 569 g/mol. The number of phenols is 1. The normalized spacial score (nSPS) is 33.6. The Morgan fingerprint density at radius 1 is 1.00 bits per heavy atom. The number of nitrogens with zero attached hydrogens (tertiary/aromatic N) is 3. The number of likely N-dealkylation sites (tertiary alicyclic amines) is 1. The summed E-state index contributed by atoms with van der Waals surface area (Å²) >= 11 is 14.1. The first-order chi connectivity index (χ1) is 18.4. The van der Waals surface area contributed by atoms with Crippen LogP contribution in [0.4, 0.5) is 11.4 Å². The highest BCUT2D eigenvalue weighted by molar-refractivity contribution is 6.53. The number of halogens is 2. The number of anilines is 1. The number of rotatable bonds is 3. The van der Waals surface area contributed by atoms with Crippen molar-refractivity contribution in [2.24, 2.45) is 17.8 Å². The largest absolute Gasteiger partial charge is 0.508 e. The molecule has 0 aromatic heterocycles. The van der Waals surface area contributed by atoms with Crippen LogP contribution in [0.5, 0.6) is 5.75 Å². The van der Waals surface area contributed by atoms with Gasteiger partial charge in [0.2, 0.25) is 11.8 Å². The number of amides is 4. The predicted molar refractivity (Wildman–Crippen MR) is 139 cm³/mol. The lowest BCUT2D eigenvalue weighted by Gasteiger charge is -2.50. The maximum Gasteiger partial charge on any atom is 0.271 e.